The molecule has 88 valence electrons. The van der Waals surface area contributed by atoms with Crippen LogP contribution in [0.15, 0.2) is 15.4 Å². The summed E-state index contributed by atoms with van der Waals surface area (Å²) in [6.45, 7) is 6.20. The molecule has 0 radical (unpaired) electrons. The highest BCUT2D eigenvalue weighted by Gasteiger charge is 1.98. The largest absolute Gasteiger partial charge is 0.384 e. The van der Waals surface area contributed by atoms with Gasteiger partial charge in [-0.2, -0.15) is 5.16 Å². The summed E-state index contributed by atoms with van der Waals surface area (Å²) in [5.41, 5.74) is -0.136. The molecule has 1 heterocycles. The highest BCUT2D eigenvalue weighted by atomic mass is 16.5. The van der Waals surface area contributed by atoms with Crippen LogP contribution in [0.4, 0.5) is 0 Å². The Bertz CT molecular complexity index is 275. The number of H-pyrrole nitrogens is 1. The number of aromatic amines is 1. The van der Waals surface area contributed by atoms with Crippen molar-refractivity contribution >= 4 is 0 Å². The van der Waals surface area contributed by atoms with E-state index < -0.39 is 0 Å². The smallest absolute Gasteiger partial charge is 0.280 e. The second kappa shape index (κ2) is 9.56. The van der Waals surface area contributed by atoms with Gasteiger partial charge < -0.3 is 4.52 Å². The fourth-order valence-corrected chi connectivity index (χ4v) is 1.35. The van der Waals surface area contributed by atoms with Crippen molar-refractivity contribution in [2.24, 2.45) is 0 Å². The van der Waals surface area contributed by atoms with Crippen molar-refractivity contribution in [1.29, 1.82) is 0 Å². The Morgan fingerprint density at radius 3 is 2.40 bits per heavy atom. The lowest BCUT2D eigenvalue weighted by atomic mass is 10.1. The van der Waals surface area contributed by atoms with Gasteiger partial charge in [0.2, 0.25) is 0 Å². The van der Waals surface area contributed by atoms with Crippen molar-refractivity contribution in [2.45, 2.75) is 59.3 Å². The van der Waals surface area contributed by atoms with Crippen LogP contribution in [0.25, 0.3) is 0 Å². The van der Waals surface area contributed by atoms with Gasteiger partial charge in [0.1, 0.15) is 5.76 Å². The molecular weight excluding hydrogens is 190 g/mol. The first-order valence-corrected chi connectivity index (χ1v) is 6.00. The summed E-state index contributed by atoms with van der Waals surface area (Å²) in [5.74, 6) is 0.779. The van der Waals surface area contributed by atoms with E-state index in [1.807, 2.05) is 13.8 Å². The van der Waals surface area contributed by atoms with Gasteiger partial charge >= 0.3 is 0 Å². The monoisotopic (exact) mass is 213 g/mol. The van der Waals surface area contributed by atoms with Crippen LogP contribution < -0.4 is 5.56 Å². The molecule has 0 saturated heterocycles. The number of hydrogen-bond acceptors (Lipinski definition) is 2. The van der Waals surface area contributed by atoms with Crippen LogP contribution in [-0.4, -0.2) is 5.16 Å². The third kappa shape index (κ3) is 7.00. The van der Waals surface area contributed by atoms with Crippen molar-refractivity contribution in [3.63, 3.8) is 0 Å². The number of rotatable bonds is 6. The summed E-state index contributed by atoms with van der Waals surface area (Å²) in [6.07, 6.45) is 7.06. The average molecular weight is 213 g/mol. The third-order valence-electron chi connectivity index (χ3n) is 2.10. The van der Waals surface area contributed by atoms with E-state index in [1.165, 1.54) is 31.7 Å². The molecule has 1 rings (SSSR count). The first-order chi connectivity index (χ1) is 7.33. The lowest BCUT2D eigenvalue weighted by Crippen LogP contribution is -1.93. The van der Waals surface area contributed by atoms with Gasteiger partial charge in [-0.25, -0.2) is 0 Å². The molecule has 0 aliphatic carbocycles. The van der Waals surface area contributed by atoms with Crippen molar-refractivity contribution < 1.29 is 4.52 Å². The standard InChI is InChI=1S/C10H17NO2.C2H6/c1-2-3-4-5-6-7-9-8-10(12)11-13-9;1-2/h8H,2-7H2,1H3,(H,11,12);1-2H3. The van der Waals surface area contributed by atoms with Gasteiger partial charge in [0, 0.05) is 12.5 Å². The maximum Gasteiger partial charge on any atom is 0.280 e. The fourth-order valence-electron chi connectivity index (χ4n) is 1.35. The average Bonchev–Trinajstić information content (AvgIpc) is 2.67. The lowest BCUT2D eigenvalue weighted by molar-refractivity contribution is 0.374. The Balaban J connectivity index is 0.000000921. The van der Waals surface area contributed by atoms with Crippen molar-refractivity contribution in [1.82, 2.24) is 5.16 Å². The minimum absolute atomic E-state index is 0.136. The lowest BCUT2D eigenvalue weighted by Gasteiger charge is -1.96. The molecule has 0 spiro atoms. The fraction of sp³-hybridized carbons (Fsp3) is 0.750. The molecule has 1 aromatic heterocycles. The Morgan fingerprint density at radius 2 is 1.87 bits per heavy atom. The number of hydrogen-bond donors (Lipinski definition) is 1. The maximum absolute atomic E-state index is 10.7. The van der Waals surface area contributed by atoms with Crippen LogP contribution in [0.1, 0.15) is 58.6 Å². The number of aromatic nitrogens is 1. The van der Waals surface area contributed by atoms with E-state index in [0.717, 1.165) is 18.6 Å². The van der Waals surface area contributed by atoms with Gasteiger partial charge in [0.05, 0.1) is 0 Å². The van der Waals surface area contributed by atoms with Gasteiger partial charge in [-0.05, 0) is 6.42 Å². The molecular formula is C12H23NO2. The predicted octanol–water partition coefficient (Wildman–Crippen LogP) is 3.51. The number of aryl methyl sites for hydroxylation is 1. The van der Waals surface area contributed by atoms with Crippen LogP contribution in [-0.2, 0) is 6.42 Å². The highest BCUT2D eigenvalue weighted by Crippen LogP contribution is 2.06. The van der Waals surface area contributed by atoms with E-state index in [9.17, 15) is 4.79 Å². The zero-order valence-corrected chi connectivity index (χ0v) is 10.1. The number of unbranched alkanes of at least 4 members (excludes halogenated alkanes) is 4. The number of nitrogens with one attached hydrogen (secondary N) is 1. The van der Waals surface area contributed by atoms with Gasteiger partial charge in [0.15, 0.2) is 0 Å². The van der Waals surface area contributed by atoms with Crippen molar-refractivity contribution in [3.8, 4) is 0 Å². The van der Waals surface area contributed by atoms with E-state index in [-0.39, 0.29) is 5.56 Å². The minimum Gasteiger partial charge on any atom is -0.384 e. The summed E-state index contributed by atoms with van der Waals surface area (Å²) in [5, 5.41) is 2.29. The van der Waals surface area contributed by atoms with Crippen LogP contribution in [0.2, 0.25) is 0 Å². The predicted molar refractivity (Wildman–Crippen MR) is 63.1 cm³/mol. The zero-order valence-electron chi connectivity index (χ0n) is 10.1. The molecule has 0 aromatic carbocycles. The van der Waals surface area contributed by atoms with Crippen LogP contribution in [0.5, 0.6) is 0 Å². The first kappa shape index (κ1) is 14.0. The minimum atomic E-state index is -0.136. The van der Waals surface area contributed by atoms with E-state index in [2.05, 4.69) is 12.1 Å². The summed E-state index contributed by atoms with van der Waals surface area (Å²) >= 11 is 0. The van der Waals surface area contributed by atoms with Crippen molar-refractivity contribution in [2.75, 3.05) is 0 Å². The Labute approximate surface area is 91.8 Å². The SMILES string of the molecule is CC.CCCCCCCc1cc(=O)[nH]o1. The van der Waals surface area contributed by atoms with Crippen LogP contribution >= 0.6 is 0 Å². The van der Waals surface area contributed by atoms with Gasteiger partial charge in [0.25, 0.3) is 5.56 Å². The normalized spacial score (nSPS) is 9.53. The van der Waals surface area contributed by atoms with E-state index >= 15 is 0 Å². The zero-order chi connectivity index (χ0) is 11.5. The molecule has 0 saturated carbocycles. The molecule has 0 aliphatic rings. The summed E-state index contributed by atoms with van der Waals surface area (Å²) in [4.78, 5) is 10.7. The molecule has 3 nitrogen and oxygen atoms in total. The first-order valence-electron chi connectivity index (χ1n) is 6.00. The molecule has 3 heteroatoms. The van der Waals surface area contributed by atoms with Crippen LogP contribution in [0.3, 0.4) is 0 Å². The quantitative estimate of drug-likeness (QED) is 0.735. The molecule has 0 unspecified atom stereocenters. The summed E-state index contributed by atoms with van der Waals surface area (Å²) in [6, 6.07) is 1.53. The molecule has 0 amide bonds. The molecule has 1 aromatic rings. The Morgan fingerprint density at radius 1 is 1.20 bits per heavy atom. The van der Waals surface area contributed by atoms with E-state index in [1.54, 1.807) is 0 Å². The Kier molecular flexibility index (Phi) is 8.93. The van der Waals surface area contributed by atoms with Gasteiger partial charge in [-0.3, -0.25) is 4.79 Å². The van der Waals surface area contributed by atoms with Crippen LogP contribution in [0, 0.1) is 0 Å². The van der Waals surface area contributed by atoms with Gasteiger partial charge in [-0.15, -0.1) is 0 Å². The molecule has 0 aliphatic heterocycles. The molecule has 1 N–H and O–H groups in total. The van der Waals surface area contributed by atoms with E-state index in [4.69, 9.17) is 4.52 Å². The second-order valence-corrected chi connectivity index (χ2v) is 3.34. The molecule has 0 bridgehead atoms. The third-order valence-corrected chi connectivity index (χ3v) is 2.10. The maximum atomic E-state index is 10.7. The summed E-state index contributed by atoms with van der Waals surface area (Å²) in [7, 11) is 0. The van der Waals surface area contributed by atoms with Crippen molar-refractivity contribution in [3.05, 3.63) is 22.2 Å². The molecule has 0 fully saturated rings. The molecule has 0 atom stereocenters. The molecule has 15 heavy (non-hydrogen) atoms. The Hall–Kier alpha value is -0.990. The van der Waals surface area contributed by atoms with Gasteiger partial charge in [-0.1, -0.05) is 46.5 Å². The highest BCUT2D eigenvalue weighted by molar-refractivity contribution is 4.93. The summed E-state index contributed by atoms with van der Waals surface area (Å²) < 4.78 is 4.93. The topological polar surface area (TPSA) is 46.0 Å². The van der Waals surface area contributed by atoms with E-state index in [0.29, 0.717) is 0 Å². The second-order valence-electron chi connectivity index (χ2n) is 3.34.